The second-order valence-electron chi connectivity index (χ2n) is 7.91. The van der Waals surface area contributed by atoms with Gasteiger partial charge >= 0.3 is 12.1 Å². The molecule has 12 nitrogen and oxygen atoms in total. The molecule has 0 atom stereocenters. The summed E-state index contributed by atoms with van der Waals surface area (Å²) >= 11 is 0. The lowest BCUT2D eigenvalue weighted by Crippen LogP contribution is -2.46. The van der Waals surface area contributed by atoms with Crippen LogP contribution in [0.15, 0.2) is 34.6 Å². The molecule has 12 heteroatoms. The fraction of sp³-hybridized carbons (Fsp3) is 0.500. The number of hydrogen-bond donors (Lipinski definition) is 3. The number of carboxylic acid groups (broad SMARTS) is 1. The van der Waals surface area contributed by atoms with Crippen LogP contribution in [0.1, 0.15) is 31.1 Å². The smallest absolute Gasteiger partial charge is 0.407 e. The molecule has 0 spiro atoms. The average Bonchev–Trinajstić information content (AvgIpc) is 2.68. The van der Waals surface area contributed by atoms with Gasteiger partial charge in [0, 0.05) is 32.7 Å². The van der Waals surface area contributed by atoms with Gasteiger partial charge in [-0.05, 0) is 39.0 Å². The standard InChI is InChI=1S/C20H30N6O6/c1-20(2,3)32-19(31)21-9-10-26(13-17(28)29)16(27)12-22-18(30)14-7-6-8-15(11-14)23-24-25(4)5/h6-8,11H,9-10,12-13H2,1-5H3,(H,21,31)(H,22,30)(H,28,29). The van der Waals surface area contributed by atoms with E-state index in [1.807, 2.05) is 0 Å². The number of aliphatic carboxylic acids is 1. The molecule has 0 heterocycles. The van der Waals surface area contributed by atoms with Crippen molar-refractivity contribution in [2.45, 2.75) is 26.4 Å². The minimum Gasteiger partial charge on any atom is -0.480 e. The van der Waals surface area contributed by atoms with E-state index in [2.05, 4.69) is 21.0 Å². The summed E-state index contributed by atoms with van der Waals surface area (Å²) in [6.07, 6.45) is -0.681. The Balaban J connectivity index is 2.65. The normalized spacial score (nSPS) is 11.0. The van der Waals surface area contributed by atoms with E-state index in [9.17, 15) is 19.2 Å². The number of carboxylic acids is 1. The number of benzene rings is 1. The molecule has 0 saturated heterocycles. The van der Waals surface area contributed by atoms with Crippen molar-refractivity contribution in [3.63, 3.8) is 0 Å². The Hall–Kier alpha value is -3.70. The molecule has 3 amide bonds. The number of hydrogen-bond acceptors (Lipinski definition) is 7. The summed E-state index contributed by atoms with van der Waals surface area (Å²) in [4.78, 5) is 48.6. The molecule has 0 aliphatic rings. The Morgan fingerprint density at radius 1 is 1.12 bits per heavy atom. The lowest BCUT2D eigenvalue weighted by molar-refractivity contribution is -0.144. The first kappa shape index (κ1) is 26.3. The van der Waals surface area contributed by atoms with Crippen LogP contribution in [0.25, 0.3) is 0 Å². The molecule has 0 saturated carbocycles. The number of amides is 3. The van der Waals surface area contributed by atoms with Crippen molar-refractivity contribution in [3.05, 3.63) is 29.8 Å². The fourth-order valence-electron chi connectivity index (χ4n) is 2.28. The van der Waals surface area contributed by atoms with Crippen LogP contribution < -0.4 is 10.6 Å². The number of nitrogens with one attached hydrogen (secondary N) is 2. The van der Waals surface area contributed by atoms with Gasteiger partial charge in [0.15, 0.2) is 0 Å². The highest BCUT2D eigenvalue weighted by molar-refractivity contribution is 5.97. The van der Waals surface area contributed by atoms with E-state index in [1.54, 1.807) is 53.1 Å². The van der Waals surface area contributed by atoms with Crippen LogP contribution in [-0.4, -0.2) is 84.8 Å². The fourth-order valence-corrected chi connectivity index (χ4v) is 2.28. The minimum absolute atomic E-state index is 0.0131. The number of carbonyl (C=O) groups excluding carboxylic acids is 3. The Morgan fingerprint density at radius 2 is 1.81 bits per heavy atom. The van der Waals surface area contributed by atoms with Crippen molar-refractivity contribution >= 4 is 29.6 Å². The number of nitrogens with zero attached hydrogens (tertiary/aromatic N) is 4. The summed E-state index contributed by atoms with van der Waals surface area (Å²) in [6, 6.07) is 6.35. The van der Waals surface area contributed by atoms with Gasteiger partial charge in [0.1, 0.15) is 12.1 Å². The largest absolute Gasteiger partial charge is 0.480 e. The lowest BCUT2D eigenvalue weighted by atomic mass is 10.2. The third-order valence-corrected chi connectivity index (χ3v) is 3.58. The number of carbonyl (C=O) groups is 4. The highest BCUT2D eigenvalue weighted by atomic mass is 16.6. The molecule has 0 fully saturated rings. The molecule has 0 aromatic heterocycles. The maximum Gasteiger partial charge on any atom is 0.407 e. The summed E-state index contributed by atoms with van der Waals surface area (Å²) in [5.74, 6) is -2.36. The first-order chi connectivity index (χ1) is 14.9. The van der Waals surface area contributed by atoms with Crippen LogP contribution >= 0.6 is 0 Å². The van der Waals surface area contributed by atoms with Crippen LogP contribution in [-0.2, 0) is 14.3 Å². The molecule has 0 radical (unpaired) electrons. The Bertz CT molecular complexity index is 849. The zero-order valence-corrected chi connectivity index (χ0v) is 18.9. The van der Waals surface area contributed by atoms with Gasteiger partial charge in [0.25, 0.3) is 5.91 Å². The van der Waals surface area contributed by atoms with Crippen molar-refractivity contribution in [3.8, 4) is 0 Å². The molecule has 1 aromatic carbocycles. The van der Waals surface area contributed by atoms with E-state index in [0.29, 0.717) is 5.69 Å². The van der Waals surface area contributed by atoms with E-state index in [4.69, 9.17) is 9.84 Å². The zero-order valence-electron chi connectivity index (χ0n) is 18.9. The lowest BCUT2D eigenvalue weighted by Gasteiger charge is -2.23. The second kappa shape index (κ2) is 12.2. The molecule has 176 valence electrons. The third-order valence-electron chi connectivity index (χ3n) is 3.58. The molecule has 0 unspecified atom stereocenters. The van der Waals surface area contributed by atoms with Gasteiger partial charge in [-0.3, -0.25) is 19.4 Å². The van der Waals surface area contributed by atoms with Crippen molar-refractivity contribution in [2.24, 2.45) is 10.3 Å². The molecule has 0 bridgehead atoms. The Labute approximate surface area is 186 Å². The molecule has 0 aliphatic heterocycles. The summed E-state index contributed by atoms with van der Waals surface area (Å²) in [5.41, 5.74) is 0.0403. The predicted octanol–water partition coefficient (Wildman–Crippen LogP) is 1.41. The van der Waals surface area contributed by atoms with Crippen LogP contribution in [0.4, 0.5) is 10.5 Å². The minimum atomic E-state index is -1.22. The monoisotopic (exact) mass is 450 g/mol. The average molecular weight is 450 g/mol. The number of rotatable bonds is 10. The van der Waals surface area contributed by atoms with E-state index in [-0.39, 0.29) is 18.7 Å². The molecule has 3 N–H and O–H groups in total. The number of alkyl carbamates (subject to hydrolysis) is 1. The zero-order chi connectivity index (χ0) is 24.3. The molecule has 1 aromatic rings. The third kappa shape index (κ3) is 10.9. The molecular weight excluding hydrogens is 420 g/mol. The molecule has 1 rings (SSSR count). The van der Waals surface area contributed by atoms with Crippen molar-refractivity contribution in [2.75, 3.05) is 40.3 Å². The summed E-state index contributed by atoms with van der Waals surface area (Å²) in [6.45, 7) is 4.04. The molecule has 32 heavy (non-hydrogen) atoms. The first-order valence-corrected chi connectivity index (χ1v) is 9.81. The van der Waals surface area contributed by atoms with Crippen molar-refractivity contribution in [1.29, 1.82) is 0 Å². The highest BCUT2D eigenvalue weighted by Crippen LogP contribution is 2.14. The quantitative estimate of drug-likeness (QED) is 0.360. The predicted molar refractivity (Wildman–Crippen MR) is 115 cm³/mol. The van der Waals surface area contributed by atoms with Gasteiger partial charge in [-0.25, -0.2) is 4.79 Å². The van der Waals surface area contributed by atoms with Crippen LogP contribution in [0.2, 0.25) is 0 Å². The maximum atomic E-state index is 12.4. The van der Waals surface area contributed by atoms with Crippen molar-refractivity contribution < 1.29 is 29.0 Å². The van der Waals surface area contributed by atoms with Gasteiger partial charge in [0.2, 0.25) is 5.91 Å². The van der Waals surface area contributed by atoms with E-state index < -0.39 is 42.6 Å². The van der Waals surface area contributed by atoms with E-state index in [1.165, 1.54) is 11.1 Å². The van der Waals surface area contributed by atoms with Gasteiger partial charge in [0.05, 0.1) is 12.2 Å². The second-order valence-corrected chi connectivity index (χ2v) is 7.91. The summed E-state index contributed by atoms with van der Waals surface area (Å²) in [7, 11) is 3.41. The van der Waals surface area contributed by atoms with Crippen molar-refractivity contribution in [1.82, 2.24) is 20.5 Å². The molecular formula is C20H30N6O6. The van der Waals surface area contributed by atoms with Crippen LogP contribution in [0, 0.1) is 0 Å². The van der Waals surface area contributed by atoms with Crippen LogP contribution in [0.3, 0.4) is 0 Å². The van der Waals surface area contributed by atoms with E-state index in [0.717, 1.165) is 4.90 Å². The Morgan fingerprint density at radius 3 is 2.41 bits per heavy atom. The number of ether oxygens (including phenoxy) is 1. The van der Waals surface area contributed by atoms with Gasteiger partial charge < -0.3 is 25.4 Å². The summed E-state index contributed by atoms with van der Waals surface area (Å²) < 4.78 is 5.09. The van der Waals surface area contributed by atoms with E-state index >= 15 is 0 Å². The van der Waals surface area contributed by atoms with Crippen LogP contribution in [0.5, 0.6) is 0 Å². The summed E-state index contributed by atoms with van der Waals surface area (Å²) in [5, 5.41) is 23.3. The maximum absolute atomic E-state index is 12.4. The SMILES string of the molecule is CN(C)N=Nc1cccc(C(=O)NCC(=O)N(CCNC(=O)OC(C)(C)C)CC(=O)O)c1. The van der Waals surface area contributed by atoms with Gasteiger partial charge in [-0.2, -0.15) is 0 Å². The van der Waals surface area contributed by atoms with Gasteiger partial charge in [-0.1, -0.05) is 11.3 Å². The van der Waals surface area contributed by atoms with Gasteiger partial charge in [-0.15, -0.1) is 5.11 Å². The topological polar surface area (TPSA) is 153 Å². The molecule has 0 aliphatic carbocycles. The Kier molecular flexibility index (Phi) is 10.1. The first-order valence-electron chi connectivity index (χ1n) is 9.81. The highest BCUT2D eigenvalue weighted by Gasteiger charge is 2.20.